The second kappa shape index (κ2) is 7870. The standard InChI is InChI=1S/H3N.7H2O2.2Re/c;7*1-2;;/h1H3;7*1-2H;;. The molecule has 0 aromatic rings. The predicted molar refractivity (Wildman–Crippen MR) is 41.8 cm³/mol. The summed E-state index contributed by atoms with van der Waals surface area (Å²) in [7, 11) is 0. The van der Waals surface area contributed by atoms with Gasteiger partial charge in [0.25, 0.3) is 0 Å². The van der Waals surface area contributed by atoms with E-state index in [1.54, 1.807) is 0 Å². The summed E-state index contributed by atoms with van der Waals surface area (Å²) in [6, 6.07) is 0. The van der Waals surface area contributed by atoms with Gasteiger partial charge in [0.05, 0.1) is 0 Å². The Morgan fingerprint density at radius 1 is 0.235 bits per heavy atom. The van der Waals surface area contributed by atoms with E-state index in [4.69, 9.17) is 73.6 Å². The third-order valence-corrected chi connectivity index (χ3v) is 0. The molecule has 0 rings (SSSR count). The minimum Gasteiger partial charge on any atom is -0.344 e. The van der Waals surface area contributed by atoms with Crippen molar-refractivity contribution in [1.29, 1.82) is 0 Å². The molecule has 0 atom stereocenters. The van der Waals surface area contributed by atoms with Crippen LogP contribution in [-0.2, 0) is 40.8 Å². The molecule has 0 bridgehead atoms. The van der Waals surface area contributed by atoms with E-state index in [9.17, 15) is 0 Å². The summed E-state index contributed by atoms with van der Waals surface area (Å²) in [5.74, 6) is 0. The molecule has 0 unspecified atom stereocenters. The van der Waals surface area contributed by atoms with Crippen molar-refractivity contribution in [3.05, 3.63) is 0 Å². The molecule has 0 spiro atoms. The maximum atomic E-state index is 6.00. The van der Waals surface area contributed by atoms with Gasteiger partial charge in [-0.3, -0.25) is 73.6 Å². The molecule has 0 aliphatic carbocycles. The second-order valence-corrected chi connectivity index (χ2v) is 0. The molecule has 0 aliphatic rings. The van der Waals surface area contributed by atoms with Crippen molar-refractivity contribution in [2.45, 2.75) is 0 Å². The van der Waals surface area contributed by atoms with Gasteiger partial charge in [0.2, 0.25) is 0 Å². The molecule has 17 heteroatoms. The Balaban J connectivity index is -0.00000000408. The Hall–Kier alpha value is 0.725. The molecule has 0 aromatic carbocycles. The van der Waals surface area contributed by atoms with Gasteiger partial charge in [-0.2, -0.15) is 0 Å². The van der Waals surface area contributed by atoms with Crippen LogP contribution in [0.2, 0.25) is 0 Å². The molecule has 0 saturated heterocycles. The first-order chi connectivity index (χ1) is 7.00. The Labute approximate surface area is 121 Å². The molecule has 17 N–H and O–H groups in total. The van der Waals surface area contributed by atoms with Crippen LogP contribution in [0.5, 0.6) is 0 Å². The van der Waals surface area contributed by atoms with E-state index in [1.807, 2.05) is 0 Å². The van der Waals surface area contributed by atoms with Crippen LogP contribution in [0.4, 0.5) is 0 Å². The Morgan fingerprint density at radius 3 is 0.235 bits per heavy atom. The van der Waals surface area contributed by atoms with Crippen molar-refractivity contribution in [1.82, 2.24) is 6.15 Å². The summed E-state index contributed by atoms with van der Waals surface area (Å²) in [6.45, 7) is 0. The van der Waals surface area contributed by atoms with Crippen molar-refractivity contribution in [2.75, 3.05) is 0 Å². The fourth-order valence-corrected chi connectivity index (χ4v) is 0. The summed E-state index contributed by atoms with van der Waals surface area (Å²) in [6.07, 6.45) is 0. The first-order valence-electron chi connectivity index (χ1n) is 1.40. The zero-order chi connectivity index (χ0) is 14.0. The fourth-order valence-electron chi connectivity index (χ4n) is 0. The molecule has 0 aliphatic heterocycles. The zero-order valence-corrected chi connectivity index (χ0v) is 13.2. The van der Waals surface area contributed by atoms with Gasteiger partial charge < -0.3 is 6.15 Å². The quantitative estimate of drug-likeness (QED) is 0.127. The van der Waals surface area contributed by atoms with Crippen molar-refractivity contribution in [3.63, 3.8) is 0 Å². The largest absolute Gasteiger partial charge is 0.344 e. The van der Waals surface area contributed by atoms with Crippen LogP contribution in [-0.4, -0.2) is 73.6 Å². The SMILES string of the molecule is N.OO.OO.OO.OO.OO.OO.OO.[Re].[Re]. The number of rotatable bonds is 0. The molecular weight excluding hydrogens is 610 g/mol. The minimum absolute atomic E-state index is 0. The molecular formula is H17NO14Re2. The van der Waals surface area contributed by atoms with Gasteiger partial charge >= 0.3 is 0 Å². The minimum atomic E-state index is 0. The number of hydrogen-bond acceptors (Lipinski definition) is 15. The van der Waals surface area contributed by atoms with Crippen molar-refractivity contribution < 1.29 is 114 Å². The van der Waals surface area contributed by atoms with Crippen LogP contribution in [0.15, 0.2) is 0 Å². The second-order valence-electron chi connectivity index (χ2n) is 0. The van der Waals surface area contributed by atoms with Crippen LogP contribution < -0.4 is 6.15 Å². The third-order valence-electron chi connectivity index (χ3n) is 0. The maximum absolute atomic E-state index is 6.00. The zero-order valence-electron chi connectivity index (χ0n) is 7.72. The Morgan fingerprint density at radius 2 is 0.235 bits per heavy atom. The van der Waals surface area contributed by atoms with Gasteiger partial charge in [-0.05, 0) is 0 Å². The van der Waals surface area contributed by atoms with Crippen LogP contribution in [0.1, 0.15) is 0 Å². The van der Waals surface area contributed by atoms with Crippen molar-refractivity contribution in [3.8, 4) is 0 Å². The molecule has 17 heavy (non-hydrogen) atoms. The van der Waals surface area contributed by atoms with E-state index < -0.39 is 0 Å². The summed E-state index contributed by atoms with van der Waals surface area (Å²) >= 11 is 0. The van der Waals surface area contributed by atoms with E-state index in [0.29, 0.717) is 0 Å². The summed E-state index contributed by atoms with van der Waals surface area (Å²) in [4.78, 5) is 0. The average molecular weight is 628 g/mol. The molecule has 120 valence electrons. The fraction of sp³-hybridized carbons (Fsp3) is 0. The smallest absolute Gasteiger partial charge is 0 e. The van der Waals surface area contributed by atoms with Gasteiger partial charge in [0, 0.05) is 40.8 Å². The van der Waals surface area contributed by atoms with Crippen molar-refractivity contribution >= 4 is 0 Å². The van der Waals surface area contributed by atoms with E-state index in [-0.39, 0.29) is 47.0 Å². The van der Waals surface area contributed by atoms with Crippen molar-refractivity contribution in [2.24, 2.45) is 0 Å². The number of hydrogen-bond donors (Lipinski definition) is 15. The van der Waals surface area contributed by atoms with Crippen LogP contribution in [0, 0.1) is 0 Å². The Kier molecular flexibility index (Phi) is 38500. The van der Waals surface area contributed by atoms with Crippen LogP contribution in [0.3, 0.4) is 0 Å². The molecule has 0 aromatic heterocycles. The molecule has 0 saturated carbocycles. The first kappa shape index (κ1) is 83.1. The molecule has 0 heterocycles. The van der Waals surface area contributed by atoms with Crippen LogP contribution in [0.25, 0.3) is 0 Å². The molecule has 15 nitrogen and oxygen atoms in total. The van der Waals surface area contributed by atoms with Crippen LogP contribution >= 0.6 is 0 Å². The van der Waals surface area contributed by atoms with Gasteiger partial charge in [0.15, 0.2) is 0 Å². The average Bonchev–Trinajstić information content (AvgIpc) is 2.45. The molecule has 0 fully saturated rings. The van der Waals surface area contributed by atoms with Gasteiger partial charge in [0.1, 0.15) is 0 Å². The molecule has 0 amide bonds. The topological polar surface area (TPSA) is 318 Å². The van der Waals surface area contributed by atoms with E-state index >= 15 is 0 Å². The Bertz CT molecular complexity index is 14.2. The predicted octanol–water partition coefficient (Wildman–Crippen LogP) is 0.279. The van der Waals surface area contributed by atoms with Gasteiger partial charge in [-0.25, -0.2) is 0 Å². The van der Waals surface area contributed by atoms with E-state index in [0.717, 1.165) is 0 Å². The third kappa shape index (κ3) is 6900. The van der Waals surface area contributed by atoms with Gasteiger partial charge in [-0.15, -0.1) is 0 Å². The van der Waals surface area contributed by atoms with E-state index in [1.165, 1.54) is 0 Å². The maximum Gasteiger partial charge on any atom is 0 e. The van der Waals surface area contributed by atoms with Gasteiger partial charge in [-0.1, -0.05) is 0 Å². The molecule has 2 radical (unpaired) electrons. The van der Waals surface area contributed by atoms with E-state index in [2.05, 4.69) is 0 Å². The normalized spacial score (nSPS) is 2.47. The summed E-state index contributed by atoms with van der Waals surface area (Å²) in [5.41, 5.74) is 0. The monoisotopic (exact) mass is 629 g/mol. The first-order valence-corrected chi connectivity index (χ1v) is 1.40. The summed E-state index contributed by atoms with van der Waals surface area (Å²) in [5, 5.41) is 84.0. The summed E-state index contributed by atoms with van der Waals surface area (Å²) < 4.78 is 0.